The van der Waals surface area contributed by atoms with Gasteiger partial charge < -0.3 is 5.32 Å². The maximum absolute atomic E-state index is 11.7. The molecule has 0 aliphatic heterocycles. The van der Waals surface area contributed by atoms with Crippen LogP contribution in [0.5, 0.6) is 0 Å². The molecule has 0 aromatic carbocycles. The lowest BCUT2D eigenvalue weighted by Gasteiger charge is -2.09. The number of pyridine rings is 1. The molecule has 1 heterocycles. The van der Waals surface area contributed by atoms with Gasteiger partial charge in [0.1, 0.15) is 0 Å². The Morgan fingerprint density at radius 3 is 2.60 bits per heavy atom. The molecule has 0 bridgehead atoms. The molecular weight excluding hydrogens is 188 g/mol. The molecule has 1 aromatic rings. The number of carbonyl (C=O) groups excluding carboxylic acids is 1. The first-order valence-electron chi connectivity index (χ1n) is 5.23. The predicted octanol–water partition coefficient (Wildman–Crippen LogP) is 2.08. The Bertz CT molecular complexity index is 359. The summed E-state index contributed by atoms with van der Waals surface area (Å²) in [5.74, 6) is 0.432. The zero-order valence-electron chi connectivity index (χ0n) is 9.79. The molecule has 0 saturated heterocycles. The summed E-state index contributed by atoms with van der Waals surface area (Å²) < 4.78 is 0. The minimum Gasteiger partial charge on any atom is -0.352 e. The number of rotatable bonds is 3. The van der Waals surface area contributed by atoms with Gasteiger partial charge in [-0.15, -0.1) is 0 Å². The van der Waals surface area contributed by atoms with E-state index in [1.54, 1.807) is 0 Å². The SMILES string of the molecule is Cc1ccc(C(=O)NCC(C)C)c(C)n1. The van der Waals surface area contributed by atoms with Crippen molar-refractivity contribution in [2.75, 3.05) is 6.54 Å². The summed E-state index contributed by atoms with van der Waals surface area (Å²) in [5, 5.41) is 2.88. The van der Waals surface area contributed by atoms with Gasteiger partial charge in [-0.25, -0.2) is 0 Å². The number of carbonyl (C=O) groups is 1. The number of nitrogens with zero attached hydrogens (tertiary/aromatic N) is 1. The molecule has 0 unspecified atom stereocenters. The number of aromatic nitrogens is 1. The number of amides is 1. The van der Waals surface area contributed by atoms with E-state index >= 15 is 0 Å². The van der Waals surface area contributed by atoms with E-state index < -0.39 is 0 Å². The zero-order valence-corrected chi connectivity index (χ0v) is 9.79. The van der Waals surface area contributed by atoms with Crippen molar-refractivity contribution < 1.29 is 4.79 Å². The van der Waals surface area contributed by atoms with Crippen LogP contribution in [0.25, 0.3) is 0 Å². The quantitative estimate of drug-likeness (QED) is 0.822. The molecule has 1 rings (SSSR count). The van der Waals surface area contributed by atoms with Gasteiger partial charge in [0, 0.05) is 12.2 Å². The highest BCUT2D eigenvalue weighted by Gasteiger charge is 2.09. The van der Waals surface area contributed by atoms with E-state index in [2.05, 4.69) is 24.1 Å². The van der Waals surface area contributed by atoms with Crippen LogP contribution in [0, 0.1) is 19.8 Å². The topological polar surface area (TPSA) is 42.0 Å². The van der Waals surface area contributed by atoms with Crippen molar-refractivity contribution in [1.29, 1.82) is 0 Å². The van der Waals surface area contributed by atoms with Crippen LogP contribution in [0.1, 0.15) is 35.6 Å². The molecule has 15 heavy (non-hydrogen) atoms. The molecular formula is C12H18N2O. The van der Waals surface area contributed by atoms with Gasteiger partial charge in [-0.3, -0.25) is 9.78 Å². The van der Waals surface area contributed by atoms with Crippen LogP contribution in [0.2, 0.25) is 0 Å². The molecule has 0 saturated carbocycles. The molecule has 1 amide bonds. The first-order chi connectivity index (χ1) is 7.00. The predicted molar refractivity (Wildman–Crippen MR) is 60.9 cm³/mol. The van der Waals surface area contributed by atoms with Crippen LogP contribution in [0.3, 0.4) is 0 Å². The van der Waals surface area contributed by atoms with Crippen molar-refractivity contribution in [3.8, 4) is 0 Å². The largest absolute Gasteiger partial charge is 0.352 e. The average molecular weight is 206 g/mol. The third kappa shape index (κ3) is 3.35. The normalized spacial score (nSPS) is 10.5. The lowest BCUT2D eigenvalue weighted by molar-refractivity contribution is 0.0948. The molecule has 0 atom stereocenters. The van der Waals surface area contributed by atoms with E-state index in [1.165, 1.54) is 0 Å². The van der Waals surface area contributed by atoms with Crippen molar-refractivity contribution in [1.82, 2.24) is 10.3 Å². The summed E-state index contributed by atoms with van der Waals surface area (Å²) in [7, 11) is 0. The molecule has 1 aromatic heterocycles. The number of hydrogen-bond donors (Lipinski definition) is 1. The van der Waals surface area contributed by atoms with Crippen molar-refractivity contribution in [2.45, 2.75) is 27.7 Å². The summed E-state index contributed by atoms with van der Waals surface area (Å²) in [6.07, 6.45) is 0. The lowest BCUT2D eigenvalue weighted by atomic mass is 10.1. The third-order valence-electron chi connectivity index (χ3n) is 2.14. The third-order valence-corrected chi connectivity index (χ3v) is 2.14. The molecule has 3 nitrogen and oxygen atoms in total. The van der Waals surface area contributed by atoms with Crippen molar-refractivity contribution in [2.24, 2.45) is 5.92 Å². The zero-order chi connectivity index (χ0) is 11.4. The average Bonchev–Trinajstić information content (AvgIpc) is 2.14. The van der Waals surface area contributed by atoms with E-state index in [4.69, 9.17) is 0 Å². The van der Waals surface area contributed by atoms with E-state index in [0.29, 0.717) is 18.0 Å². The van der Waals surface area contributed by atoms with Crippen molar-refractivity contribution >= 4 is 5.91 Å². The Hall–Kier alpha value is -1.38. The van der Waals surface area contributed by atoms with Crippen LogP contribution in [-0.2, 0) is 0 Å². The second-order valence-corrected chi connectivity index (χ2v) is 4.19. The van der Waals surface area contributed by atoms with Gasteiger partial charge in [0.2, 0.25) is 0 Å². The fourth-order valence-corrected chi connectivity index (χ4v) is 1.32. The molecule has 0 aliphatic rings. The highest BCUT2D eigenvalue weighted by Crippen LogP contribution is 2.06. The molecule has 0 aliphatic carbocycles. The van der Waals surface area contributed by atoms with Crippen molar-refractivity contribution in [3.05, 3.63) is 29.1 Å². The smallest absolute Gasteiger partial charge is 0.253 e. The first-order valence-corrected chi connectivity index (χ1v) is 5.23. The van der Waals surface area contributed by atoms with Crippen LogP contribution in [-0.4, -0.2) is 17.4 Å². The highest BCUT2D eigenvalue weighted by molar-refractivity contribution is 5.95. The Labute approximate surface area is 90.9 Å². The Morgan fingerprint density at radius 1 is 1.40 bits per heavy atom. The first kappa shape index (κ1) is 11.7. The summed E-state index contributed by atoms with van der Waals surface area (Å²) in [4.78, 5) is 16.0. The van der Waals surface area contributed by atoms with Gasteiger partial charge >= 0.3 is 0 Å². The summed E-state index contributed by atoms with van der Waals surface area (Å²) >= 11 is 0. The number of nitrogens with one attached hydrogen (secondary N) is 1. The maximum atomic E-state index is 11.7. The molecule has 0 spiro atoms. The van der Waals surface area contributed by atoms with E-state index in [0.717, 1.165) is 11.4 Å². The lowest BCUT2D eigenvalue weighted by Crippen LogP contribution is -2.28. The van der Waals surface area contributed by atoms with Crippen molar-refractivity contribution in [3.63, 3.8) is 0 Å². The Kier molecular flexibility index (Phi) is 3.83. The second kappa shape index (κ2) is 4.91. The van der Waals surface area contributed by atoms with Crippen LogP contribution in [0.4, 0.5) is 0 Å². The second-order valence-electron chi connectivity index (χ2n) is 4.19. The van der Waals surface area contributed by atoms with Crippen LogP contribution in [0.15, 0.2) is 12.1 Å². The van der Waals surface area contributed by atoms with Gasteiger partial charge in [-0.2, -0.15) is 0 Å². The van der Waals surface area contributed by atoms with Crippen LogP contribution >= 0.6 is 0 Å². The van der Waals surface area contributed by atoms with E-state index in [1.807, 2.05) is 26.0 Å². The highest BCUT2D eigenvalue weighted by atomic mass is 16.1. The number of hydrogen-bond acceptors (Lipinski definition) is 2. The summed E-state index contributed by atoms with van der Waals surface area (Å²) in [5.41, 5.74) is 2.39. The fraction of sp³-hybridized carbons (Fsp3) is 0.500. The molecule has 0 radical (unpaired) electrons. The summed E-state index contributed by atoms with van der Waals surface area (Å²) in [6.45, 7) is 8.62. The van der Waals surface area contributed by atoms with E-state index in [9.17, 15) is 4.79 Å². The Balaban J connectivity index is 2.74. The molecule has 1 N–H and O–H groups in total. The minimum atomic E-state index is -0.0336. The molecule has 82 valence electrons. The fourth-order valence-electron chi connectivity index (χ4n) is 1.32. The summed E-state index contributed by atoms with van der Waals surface area (Å²) in [6, 6.07) is 3.69. The van der Waals surface area contributed by atoms with Gasteiger partial charge in [0.25, 0.3) is 5.91 Å². The maximum Gasteiger partial charge on any atom is 0.253 e. The molecule has 3 heteroatoms. The van der Waals surface area contributed by atoms with Gasteiger partial charge in [-0.05, 0) is 31.9 Å². The van der Waals surface area contributed by atoms with Gasteiger partial charge in [0.15, 0.2) is 0 Å². The minimum absolute atomic E-state index is 0.0336. The van der Waals surface area contributed by atoms with Gasteiger partial charge in [-0.1, -0.05) is 13.8 Å². The molecule has 0 fully saturated rings. The Morgan fingerprint density at radius 2 is 2.07 bits per heavy atom. The van der Waals surface area contributed by atoms with Gasteiger partial charge in [0.05, 0.1) is 11.3 Å². The van der Waals surface area contributed by atoms with Crippen LogP contribution < -0.4 is 5.32 Å². The van der Waals surface area contributed by atoms with E-state index in [-0.39, 0.29) is 5.91 Å². The number of aryl methyl sites for hydroxylation is 2. The standard InChI is InChI=1S/C12H18N2O/c1-8(2)7-13-12(15)11-6-5-9(3)14-10(11)4/h5-6,8H,7H2,1-4H3,(H,13,15). The monoisotopic (exact) mass is 206 g/mol.